The number of methoxy groups -OCH3 is 1. The first-order chi connectivity index (χ1) is 13.2. The van der Waals surface area contributed by atoms with Gasteiger partial charge >= 0.3 is 0 Å². The number of anilines is 1. The van der Waals surface area contributed by atoms with E-state index in [9.17, 15) is 4.79 Å². The first-order valence-corrected chi connectivity index (χ1v) is 9.52. The summed E-state index contributed by atoms with van der Waals surface area (Å²) in [4.78, 5) is 15.1. The second kappa shape index (κ2) is 9.94. The highest BCUT2D eigenvalue weighted by atomic mass is 16.5. The molecule has 2 aromatic carbocycles. The van der Waals surface area contributed by atoms with Crippen LogP contribution in [-0.4, -0.2) is 58.9 Å². The fourth-order valence-electron chi connectivity index (χ4n) is 3.32. The van der Waals surface area contributed by atoms with Crippen LogP contribution in [0.4, 0.5) is 5.69 Å². The third-order valence-electron chi connectivity index (χ3n) is 4.92. The number of para-hydroxylation sites is 1. The number of amides is 1. The Bertz CT molecular complexity index is 698. The molecule has 0 aromatic heterocycles. The molecule has 3 rings (SSSR count). The first kappa shape index (κ1) is 19.2. The predicted molar refractivity (Wildman–Crippen MR) is 105 cm³/mol. The second-order valence-electron chi connectivity index (χ2n) is 6.86. The van der Waals surface area contributed by atoms with Gasteiger partial charge in [-0.1, -0.05) is 18.2 Å². The molecular formula is C21H29N3O3+2. The molecule has 3 N–H and O–H groups in total. The smallest absolute Gasteiger partial charge is 0.279 e. The number of rotatable bonds is 8. The third kappa shape index (κ3) is 6.27. The normalized spacial score (nSPS) is 19.3. The van der Waals surface area contributed by atoms with E-state index in [4.69, 9.17) is 9.47 Å². The minimum atomic E-state index is 0.0856. The van der Waals surface area contributed by atoms with Gasteiger partial charge in [-0.05, 0) is 36.4 Å². The highest BCUT2D eigenvalue weighted by Gasteiger charge is 2.24. The van der Waals surface area contributed by atoms with E-state index < -0.39 is 0 Å². The van der Waals surface area contributed by atoms with Gasteiger partial charge in [0.2, 0.25) is 0 Å². The standard InChI is InChI=1S/C21H27N3O3/c1-26-19-7-9-20(10-8-19)27-16-15-23-11-13-24(14-12-23)17-21(25)22-18-5-3-2-4-6-18/h2-10H,11-17H2,1H3,(H,22,25)/p+2. The number of benzene rings is 2. The quantitative estimate of drug-likeness (QED) is 0.586. The number of piperazine rings is 1. The summed E-state index contributed by atoms with van der Waals surface area (Å²) in [6.45, 7) is 6.38. The van der Waals surface area contributed by atoms with Gasteiger partial charge in [0.05, 0.1) is 7.11 Å². The van der Waals surface area contributed by atoms with Gasteiger partial charge < -0.3 is 24.6 Å². The highest BCUT2D eigenvalue weighted by Crippen LogP contribution is 2.16. The third-order valence-corrected chi connectivity index (χ3v) is 4.92. The fraction of sp³-hybridized carbons (Fsp3) is 0.381. The molecule has 2 aromatic rings. The monoisotopic (exact) mass is 371 g/mol. The average molecular weight is 371 g/mol. The Hall–Kier alpha value is -2.57. The van der Waals surface area contributed by atoms with Crippen molar-refractivity contribution in [3.63, 3.8) is 0 Å². The SMILES string of the molecule is COc1ccc(OCC[NH+]2CC[NH+](CC(=O)Nc3ccccc3)CC2)cc1. The van der Waals surface area contributed by atoms with Crippen LogP contribution >= 0.6 is 0 Å². The number of carbonyl (C=O) groups excluding carboxylic acids is 1. The lowest BCUT2D eigenvalue weighted by atomic mass is 10.3. The van der Waals surface area contributed by atoms with E-state index in [1.807, 2.05) is 54.6 Å². The number of nitrogens with one attached hydrogen (secondary N) is 3. The molecule has 1 saturated heterocycles. The van der Waals surface area contributed by atoms with E-state index in [1.54, 1.807) is 7.11 Å². The van der Waals surface area contributed by atoms with E-state index in [0.29, 0.717) is 13.2 Å². The van der Waals surface area contributed by atoms with Crippen molar-refractivity contribution in [1.82, 2.24) is 0 Å². The van der Waals surface area contributed by atoms with Crippen LogP contribution in [-0.2, 0) is 4.79 Å². The summed E-state index contributed by atoms with van der Waals surface area (Å²) < 4.78 is 11.0. The maximum absolute atomic E-state index is 12.2. The Labute approximate surface area is 160 Å². The van der Waals surface area contributed by atoms with Gasteiger partial charge in [-0.3, -0.25) is 4.79 Å². The van der Waals surface area contributed by atoms with E-state index in [0.717, 1.165) is 49.9 Å². The molecule has 27 heavy (non-hydrogen) atoms. The Balaban J connectivity index is 1.32. The second-order valence-corrected chi connectivity index (χ2v) is 6.86. The Morgan fingerprint density at radius 3 is 2.22 bits per heavy atom. The lowest BCUT2D eigenvalue weighted by molar-refractivity contribution is -1.01. The lowest BCUT2D eigenvalue weighted by Gasteiger charge is -2.29. The molecular weight excluding hydrogens is 342 g/mol. The zero-order valence-electron chi connectivity index (χ0n) is 15.9. The van der Waals surface area contributed by atoms with Gasteiger partial charge in [-0.2, -0.15) is 0 Å². The molecule has 0 spiro atoms. The zero-order chi connectivity index (χ0) is 18.9. The van der Waals surface area contributed by atoms with Gasteiger partial charge in [-0.15, -0.1) is 0 Å². The van der Waals surface area contributed by atoms with Crippen molar-refractivity contribution >= 4 is 11.6 Å². The van der Waals surface area contributed by atoms with Crippen molar-refractivity contribution in [1.29, 1.82) is 0 Å². The van der Waals surface area contributed by atoms with Gasteiger partial charge in [0, 0.05) is 5.69 Å². The minimum Gasteiger partial charge on any atom is -0.497 e. The number of ether oxygens (including phenoxy) is 2. The molecule has 6 nitrogen and oxygen atoms in total. The Kier molecular flexibility index (Phi) is 7.07. The van der Waals surface area contributed by atoms with Crippen LogP contribution in [0.25, 0.3) is 0 Å². The van der Waals surface area contributed by atoms with E-state index in [-0.39, 0.29) is 5.91 Å². The molecule has 0 bridgehead atoms. The van der Waals surface area contributed by atoms with Crippen LogP contribution in [0.1, 0.15) is 0 Å². The molecule has 1 heterocycles. The van der Waals surface area contributed by atoms with E-state index in [1.165, 1.54) is 9.80 Å². The van der Waals surface area contributed by atoms with Gasteiger partial charge in [0.25, 0.3) is 5.91 Å². The van der Waals surface area contributed by atoms with Gasteiger partial charge in [-0.25, -0.2) is 0 Å². The summed E-state index contributed by atoms with van der Waals surface area (Å²) in [6, 6.07) is 17.3. The molecule has 0 saturated carbocycles. The van der Waals surface area contributed by atoms with E-state index >= 15 is 0 Å². The summed E-state index contributed by atoms with van der Waals surface area (Å²) >= 11 is 0. The summed E-state index contributed by atoms with van der Waals surface area (Å²) in [5.74, 6) is 1.79. The summed E-state index contributed by atoms with van der Waals surface area (Å²) in [7, 11) is 1.66. The fourth-order valence-corrected chi connectivity index (χ4v) is 3.32. The molecule has 6 heteroatoms. The number of quaternary nitrogens is 2. The molecule has 0 aliphatic carbocycles. The van der Waals surface area contributed by atoms with Gasteiger partial charge in [0.15, 0.2) is 6.54 Å². The number of hydrogen-bond acceptors (Lipinski definition) is 3. The Morgan fingerprint density at radius 1 is 0.926 bits per heavy atom. The molecule has 0 unspecified atom stereocenters. The maximum atomic E-state index is 12.2. The molecule has 1 fully saturated rings. The van der Waals surface area contributed by atoms with Crippen LogP contribution in [0.15, 0.2) is 54.6 Å². The molecule has 0 atom stereocenters. The molecule has 144 valence electrons. The first-order valence-electron chi connectivity index (χ1n) is 9.52. The van der Waals surface area contributed by atoms with Crippen LogP contribution in [0.2, 0.25) is 0 Å². The minimum absolute atomic E-state index is 0.0856. The summed E-state index contributed by atoms with van der Waals surface area (Å²) in [5.41, 5.74) is 0.863. The van der Waals surface area contributed by atoms with Crippen LogP contribution in [0.5, 0.6) is 11.5 Å². The summed E-state index contributed by atoms with van der Waals surface area (Å²) in [5, 5.41) is 2.97. The maximum Gasteiger partial charge on any atom is 0.279 e. The largest absolute Gasteiger partial charge is 0.497 e. The van der Waals surface area contributed by atoms with Crippen molar-refractivity contribution in [2.45, 2.75) is 0 Å². The molecule has 1 aliphatic rings. The van der Waals surface area contributed by atoms with Crippen LogP contribution in [0.3, 0.4) is 0 Å². The van der Waals surface area contributed by atoms with Crippen molar-refractivity contribution in [2.75, 3.05) is 58.3 Å². The lowest BCUT2D eigenvalue weighted by Crippen LogP contribution is -3.28. The van der Waals surface area contributed by atoms with Crippen molar-refractivity contribution in [2.24, 2.45) is 0 Å². The molecule has 1 amide bonds. The Morgan fingerprint density at radius 2 is 1.56 bits per heavy atom. The van der Waals surface area contributed by atoms with E-state index in [2.05, 4.69) is 5.32 Å². The topological polar surface area (TPSA) is 56.4 Å². The summed E-state index contributed by atoms with van der Waals surface area (Å²) in [6.07, 6.45) is 0. The number of carbonyl (C=O) groups is 1. The average Bonchev–Trinajstić information content (AvgIpc) is 2.70. The highest BCUT2D eigenvalue weighted by molar-refractivity contribution is 5.91. The molecule has 0 radical (unpaired) electrons. The molecule has 1 aliphatic heterocycles. The van der Waals surface area contributed by atoms with Crippen molar-refractivity contribution in [3.05, 3.63) is 54.6 Å². The van der Waals surface area contributed by atoms with Crippen molar-refractivity contribution < 1.29 is 24.1 Å². The predicted octanol–water partition coefficient (Wildman–Crippen LogP) is -0.504. The van der Waals surface area contributed by atoms with Crippen molar-refractivity contribution in [3.8, 4) is 11.5 Å². The van der Waals surface area contributed by atoms with Gasteiger partial charge in [0.1, 0.15) is 50.8 Å². The van der Waals surface area contributed by atoms with Crippen LogP contribution in [0, 0.1) is 0 Å². The van der Waals surface area contributed by atoms with Crippen LogP contribution < -0.4 is 24.6 Å². The zero-order valence-corrected chi connectivity index (χ0v) is 15.9. The number of hydrogen-bond donors (Lipinski definition) is 3.